The number of aliphatic carboxylic acids is 1. The Morgan fingerprint density at radius 3 is 2.45 bits per heavy atom. The number of carbonyl (C=O) groups excluding carboxylic acids is 2. The monoisotopic (exact) mass is 428 g/mol. The zero-order valence-electron chi connectivity index (χ0n) is 15.9. The molecule has 1 saturated heterocycles. The van der Waals surface area contributed by atoms with Gasteiger partial charge in [-0.25, -0.2) is 9.88 Å². The molecule has 0 spiro atoms. The molecule has 150 valence electrons. The molecule has 8 heteroatoms. The summed E-state index contributed by atoms with van der Waals surface area (Å²) in [6, 6.07) is 5.39. The summed E-state index contributed by atoms with van der Waals surface area (Å²) >= 11 is 2.64. The number of carbonyl (C=O) groups is 3. The number of carboxylic acid groups (broad SMARTS) is 1. The first-order valence-electron chi connectivity index (χ1n) is 9.71. The van der Waals surface area contributed by atoms with E-state index in [1.54, 1.807) is 12.1 Å². The summed E-state index contributed by atoms with van der Waals surface area (Å²) in [6.07, 6.45) is 5.09. The van der Waals surface area contributed by atoms with Gasteiger partial charge in [0.1, 0.15) is 5.25 Å². The SMILES string of the molecule is CC(C)C(Sc1nc2ccc(N3C(=O)C4C5C=CC(C5)C4C3=O)cc2s1)C(=O)O. The molecule has 2 aromatic rings. The van der Waals surface area contributed by atoms with Gasteiger partial charge in [-0.3, -0.25) is 14.4 Å². The van der Waals surface area contributed by atoms with Crippen LogP contribution in [0.4, 0.5) is 5.69 Å². The fraction of sp³-hybridized carbons (Fsp3) is 0.429. The molecule has 1 N–H and O–H groups in total. The smallest absolute Gasteiger partial charge is 0.317 e. The number of amides is 2. The summed E-state index contributed by atoms with van der Waals surface area (Å²) in [6.45, 7) is 3.75. The maximum atomic E-state index is 13.0. The number of hydrogen-bond acceptors (Lipinski definition) is 6. The van der Waals surface area contributed by atoms with Crippen LogP contribution in [0.2, 0.25) is 0 Å². The van der Waals surface area contributed by atoms with Crippen molar-refractivity contribution in [2.75, 3.05) is 4.90 Å². The average Bonchev–Trinajstić information content (AvgIpc) is 3.41. The van der Waals surface area contributed by atoms with E-state index in [1.807, 2.05) is 19.9 Å². The van der Waals surface area contributed by atoms with Crippen LogP contribution in [0.5, 0.6) is 0 Å². The van der Waals surface area contributed by atoms with Gasteiger partial charge in [-0.2, -0.15) is 0 Å². The Morgan fingerprint density at radius 1 is 1.21 bits per heavy atom. The molecule has 1 aliphatic heterocycles. The van der Waals surface area contributed by atoms with E-state index >= 15 is 0 Å². The summed E-state index contributed by atoms with van der Waals surface area (Å²) in [5.74, 6) is -1.14. The lowest BCUT2D eigenvalue weighted by Crippen LogP contribution is -2.32. The van der Waals surface area contributed by atoms with E-state index in [9.17, 15) is 19.5 Å². The molecule has 3 aliphatic rings. The quantitative estimate of drug-likeness (QED) is 0.443. The van der Waals surface area contributed by atoms with Crippen molar-refractivity contribution in [3.05, 3.63) is 30.4 Å². The molecule has 5 atom stereocenters. The van der Waals surface area contributed by atoms with Crippen LogP contribution in [0, 0.1) is 29.6 Å². The van der Waals surface area contributed by atoms with Gasteiger partial charge in [-0.15, -0.1) is 11.3 Å². The van der Waals surface area contributed by atoms with Crippen LogP contribution in [0.3, 0.4) is 0 Å². The third-order valence-corrected chi connectivity index (χ3v) is 8.80. The van der Waals surface area contributed by atoms with Gasteiger partial charge in [0.05, 0.1) is 27.7 Å². The summed E-state index contributed by atoms with van der Waals surface area (Å²) in [7, 11) is 0. The lowest BCUT2D eigenvalue weighted by atomic mass is 9.85. The number of allylic oxidation sites excluding steroid dienone is 2. The number of aromatic nitrogens is 1. The lowest BCUT2D eigenvalue weighted by molar-refractivity contribution is -0.137. The van der Waals surface area contributed by atoms with Crippen LogP contribution in [0.15, 0.2) is 34.7 Å². The van der Waals surface area contributed by atoms with Gasteiger partial charge in [-0.1, -0.05) is 37.8 Å². The highest BCUT2D eigenvalue weighted by Crippen LogP contribution is 2.53. The number of hydrogen-bond donors (Lipinski definition) is 1. The molecule has 29 heavy (non-hydrogen) atoms. The van der Waals surface area contributed by atoms with Gasteiger partial charge in [0.25, 0.3) is 0 Å². The normalized spacial score (nSPS) is 28.7. The number of imide groups is 1. The van der Waals surface area contributed by atoms with Crippen molar-refractivity contribution >= 4 is 56.8 Å². The van der Waals surface area contributed by atoms with Gasteiger partial charge < -0.3 is 5.11 Å². The van der Waals surface area contributed by atoms with E-state index in [0.29, 0.717) is 10.0 Å². The summed E-state index contributed by atoms with van der Waals surface area (Å²) < 4.78 is 1.52. The average molecular weight is 429 g/mol. The lowest BCUT2D eigenvalue weighted by Gasteiger charge is -2.17. The maximum absolute atomic E-state index is 13.0. The number of benzene rings is 1. The molecule has 2 amide bonds. The predicted molar refractivity (Wildman–Crippen MR) is 112 cm³/mol. The molecule has 5 rings (SSSR count). The van der Waals surface area contributed by atoms with E-state index < -0.39 is 11.2 Å². The highest BCUT2D eigenvalue weighted by atomic mass is 32.2. The number of nitrogens with zero attached hydrogens (tertiary/aromatic N) is 2. The molecule has 2 heterocycles. The van der Waals surface area contributed by atoms with Crippen LogP contribution < -0.4 is 4.90 Å². The van der Waals surface area contributed by atoms with Crippen LogP contribution in [-0.2, 0) is 14.4 Å². The molecule has 2 bridgehead atoms. The van der Waals surface area contributed by atoms with Crippen LogP contribution in [-0.4, -0.2) is 33.1 Å². The second-order valence-corrected chi connectivity index (χ2v) is 10.7. The topological polar surface area (TPSA) is 87.6 Å². The van der Waals surface area contributed by atoms with Crippen molar-refractivity contribution in [2.24, 2.45) is 29.6 Å². The van der Waals surface area contributed by atoms with Gasteiger partial charge in [-0.05, 0) is 42.4 Å². The molecule has 2 aliphatic carbocycles. The summed E-state index contributed by atoms with van der Waals surface area (Å²) in [5, 5.41) is 8.85. The Kier molecular flexibility index (Phi) is 4.33. The first kappa shape index (κ1) is 18.8. The first-order valence-corrected chi connectivity index (χ1v) is 11.4. The van der Waals surface area contributed by atoms with E-state index in [0.717, 1.165) is 16.6 Å². The standard InChI is InChI=1S/C21H20N2O4S2/c1-9(2)17(20(26)27)29-21-22-13-6-5-12(8-14(13)28-21)23-18(24)15-10-3-4-11(7-10)16(15)19(23)25/h3-6,8-11,15-17H,7H2,1-2H3,(H,26,27). The number of fused-ring (bicyclic) bond motifs is 6. The van der Waals surface area contributed by atoms with Crippen LogP contribution in [0.25, 0.3) is 10.2 Å². The minimum Gasteiger partial charge on any atom is -0.480 e. The molecule has 5 unspecified atom stereocenters. The second-order valence-electron chi connectivity index (χ2n) is 8.26. The molecular formula is C21H20N2O4S2. The Morgan fingerprint density at radius 2 is 1.86 bits per heavy atom. The van der Waals surface area contributed by atoms with Crippen molar-refractivity contribution in [1.29, 1.82) is 0 Å². The first-order chi connectivity index (χ1) is 13.8. The number of rotatable bonds is 5. The number of thioether (sulfide) groups is 1. The zero-order chi connectivity index (χ0) is 20.4. The predicted octanol–water partition coefficient (Wildman–Crippen LogP) is 3.81. The molecule has 0 radical (unpaired) electrons. The van der Waals surface area contributed by atoms with Gasteiger partial charge in [0.2, 0.25) is 11.8 Å². The Hall–Kier alpha value is -2.19. The molecule has 1 aromatic carbocycles. The minimum atomic E-state index is -0.854. The third-order valence-electron chi connectivity index (χ3n) is 6.16. The van der Waals surface area contributed by atoms with Crippen LogP contribution >= 0.6 is 23.1 Å². The molecular weight excluding hydrogens is 408 g/mol. The largest absolute Gasteiger partial charge is 0.480 e. The number of anilines is 1. The van der Waals surface area contributed by atoms with Crippen molar-refractivity contribution in [3.8, 4) is 0 Å². The highest BCUT2D eigenvalue weighted by Gasteiger charge is 2.59. The van der Waals surface area contributed by atoms with Gasteiger partial charge in [0.15, 0.2) is 4.34 Å². The highest BCUT2D eigenvalue weighted by molar-refractivity contribution is 8.02. The minimum absolute atomic E-state index is 0.0247. The summed E-state index contributed by atoms with van der Waals surface area (Å²) in [5.41, 5.74) is 1.33. The molecule has 1 saturated carbocycles. The van der Waals surface area contributed by atoms with E-state index in [1.165, 1.54) is 28.0 Å². The summed E-state index contributed by atoms with van der Waals surface area (Å²) in [4.78, 5) is 43.4. The van der Waals surface area contributed by atoms with Gasteiger partial charge in [0, 0.05) is 0 Å². The van der Waals surface area contributed by atoms with Crippen molar-refractivity contribution < 1.29 is 19.5 Å². The van der Waals surface area contributed by atoms with Crippen molar-refractivity contribution in [1.82, 2.24) is 4.98 Å². The third kappa shape index (κ3) is 2.84. The fourth-order valence-electron chi connectivity index (χ4n) is 4.82. The Balaban J connectivity index is 1.44. The molecule has 2 fully saturated rings. The molecule has 1 aromatic heterocycles. The van der Waals surface area contributed by atoms with Crippen molar-refractivity contribution in [3.63, 3.8) is 0 Å². The van der Waals surface area contributed by atoms with E-state index in [4.69, 9.17) is 0 Å². The van der Waals surface area contributed by atoms with Gasteiger partial charge >= 0.3 is 5.97 Å². The zero-order valence-corrected chi connectivity index (χ0v) is 17.6. The second kappa shape index (κ2) is 6.67. The molecule has 6 nitrogen and oxygen atoms in total. The fourth-order valence-corrected chi connectivity index (χ4v) is 7.06. The maximum Gasteiger partial charge on any atom is 0.317 e. The van der Waals surface area contributed by atoms with E-state index in [-0.39, 0.29) is 41.4 Å². The Labute approximate surface area is 176 Å². The number of carboxylic acids is 1. The van der Waals surface area contributed by atoms with Crippen LogP contribution in [0.1, 0.15) is 20.3 Å². The Bertz CT molecular complexity index is 1050. The van der Waals surface area contributed by atoms with Crippen molar-refractivity contribution in [2.45, 2.75) is 29.9 Å². The number of thiazole rings is 1. The van der Waals surface area contributed by atoms with E-state index in [2.05, 4.69) is 17.1 Å².